The first kappa shape index (κ1) is 13.6. The highest BCUT2D eigenvalue weighted by Gasteiger charge is 2.13. The van der Waals surface area contributed by atoms with E-state index in [0.717, 1.165) is 23.2 Å². The quantitative estimate of drug-likeness (QED) is 0.929. The normalized spacial score (nSPS) is 17.2. The van der Waals surface area contributed by atoms with Crippen LogP contribution in [0.5, 0.6) is 0 Å². The molecule has 18 heavy (non-hydrogen) atoms. The molecule has 1 fully saturated rings. The van der Waals surface area contributed by atoms with Gasteiger partial charge in [-0.15, -0.1) is 0 Å². The zero-order valence-corrected chi connectivity index (χ0v) is 12.1. The van der Waals surface area contributed by atoms with Gasteiger partial charge in [-0.2, -0.15) is 0 Å². The summed E-state index contributed by atoms with van der Waals surface area (Å²) >= 11 is 3.43. The van der Waals surface area contributed by atoms with Crippen molar-refractivity contribution in [2.45, 2.75) is 25.7 Å². The topological polar surface area (TPSA) is 32.3 Å². The molecular weight excluding hydrogens is 292 g/mol. The average molecular weight is 311 g/mol. The van der Waals surface area contributed by atoms with Crippen molar-refractivity contribution in [3.63, 3.8) is 0 Å². The SMILES string of the molecule is O=C(CN1CCCCCC1)Nc1ccccc1Br. The number of likely N-dealkylation sites (tertiary alicyclic amines) is 1. The van der Waals surface area contributed by atoms with Gasteiger partial charge < -0.3 is 5.32 Å². The Labute approximate surface area is 117 Å². The van der Waals surface area contributed by atoms with Gasteiger partial charge in [0.05, 0.1) is 12.2 Å². The van der Waals surface area contributed by atoms with E-state index in [-0.39, 0.29) is 5.91 Å². The first-order valence-corrected chi connectivity index (χ1v) is 7.32. The maximum absolute atomic E-state index is 12.0. The number of hydrogen-bond acceptors (Lipinski definition) is 2. The van der Waals surface area contributed by atoms with Gasteiger partial charge in [-0.3, -0.25) is 9.69 Å². The number of hydrogen-bond donors (Lipinski definition) is 1. The molecule has 0 aromatic heterocycles. The number of para-hydroxylation sites is 1. The molecule has 1 amide bonds. The Bertz CT molecular complexity index is 401. The molecule has 98 valence electrons. The molecule has 4 heteroatoms. The van der Waals surface area contributed by atoms with Crippen molar-refractivity contribution in [3.05, 3.63) is 28.7 Å². The molecule has 0 radical (unpaired) electrons. The number of anilines is 1. The number of amides is 1. The van der Waals surface area contributed by atoms with E-state index in [1.54, 1.807) is 0 Å². The van der Waals surface area contributed by atoms with E-state index in [0.29, 0.717) is 6.54 Å². The molecule has 1 heterocycles. The van der Waals surface area contributed by atoms with E-state index in [4.69, 9.17) is 0 Å². The zero-order valence-electron chi connectivity index (χ0n) is 10.5. The summed E-state index contributed by atoms with van der Waals surface area (Å²) in [5, 5.41) is 2.95. The fraction of sp³-hybridized carbons (Fsp3) is 0.500. The van der Waals surface area contributed by atoms with Crippen LogP contribution in [0.1, 0.15) is 25.7 Å². The lowest BCUT2D eigenvalue weighted by molar-refractivity contribution is -0.117. The van der Waals surface area contributed by atoms with Gasteiger partial charge >= 0.3 is 0 Å². The minimum absolute atomic E-state index is 0.0730. The fourth-order valence-electron chi connectivity index (χ4n) is 2.25. The van der Waals surface area contributed by atoms with Crippen LogP contribution in [-0.2, 0) is 4.79 Å². The van der Waals surface area contributed by atoms with Gasteiger partial charge in [-0.05, 0) is 54.0 Å². The van der Waals surface area contributed by atoms with E-state index in [9.17, 15) is 4.79 Å². The molecule has 3 nitrogen and oxygen atoms in total. The van der Waals surface area contributed by atoms with Gasteiger partial charge in [0, 0.05) is 4.47 Å². The highest BCUT2D eigenvalue weighted by atomic mass is 79.9. The summed E-state index contributed by atoms with van der Waals surface area (Å²) in [6.07, 6.45) is 5.01. The highest BCUT2D eigenvalue weighted by Crippen LogP contribution is 2.21. The van der Waals surface area contributed by atoms with Gasteiger partial charge in [0.25, 0.3) is 0 Å². The molecule has 1 aliphatic rings. The van der Waals surface area contributed by atoms with Crippen molar-refractivity contribution in [1.82, 2.24) is 4.90 Å². The summed E-state index contributed by atoms with van der Waals surface area (Å²) in [7, 11) is 0. The van der Waals surface area contributed by atoms with Gasteiger partial charge in [0.15, 0.2) is 0 Å². The van der Waals surface area contributed by atoms with Crippen LogP contribution in [0.25, 0.3) is 0 Å². The average Bonchev–Trinajstić information content (AvgIpc) is 2.61. The number of rotatable bonds is 3. The Morgan fingerprint density at radius 3 is 2.50 bits per heavy atom. The van der Waals surface area contributed by atoms with Crippen LogP contribution in [0.15, 0.2) is 28.7 Å². The molecular formula is C14H19BrN2O. The number of nitrogens with one attached hydrogen (secondary N) is 1. The molecule has 0 aliphatic carbocycles. The van der Waals surface area contributed by atoms with Crippen LogP contribution in [0, 0.1) is 0 Å². The Hall–Kier alpha value is -0.870. The second-order valence-corrected chi connectivity index (χ2v) is 5.57. The molecule has 1 saturated heterocycles. The van der Waals surface area contributed by atoms with E-state index in [2.05, 4.69) is 26.1 Å². The lowest BCUT2D eigenvalue weighted by Gasteiger charge is -2.19. The zero-order chi connectivity index (χ0) is 12.8. The van der Waals surface area contributed by atoms with Crippen molar-refractivity contribution in [2.24, 2.45) is 0 Å². The van der Waals surface area contributed by atoms with Crippen LogP contribution < -0.4 is 5.32 Å². The molecule has 1 aliphatic heterocycles. The fourth-order valence-corrected chi connectivity index (χ4v) is 2.63. The van der Waals surface area contributed by atoms with Crippen LogP contribution >= 0.6 is 15.9 Å². The summed E-state index contributed by atoms with van der Waals surface area (Å²) in [6, 6.07) is 7.70. The van der Waals surface area contributed by atoms with Crippen molar-refractivity contribution in [3.8, 4) is 0 Å². The van der Waals surface area contributed by atoms with Crippen molar-refractivity contribution in [2.75, 3.05) is 25.0 Å². The summed E-state index contributed by atoms with van der Waals surface area (Å²) in [4.78, 5) is 14.2. The number of halogens is 1. The van der Waals surface area contributed by atoms with E-state index < -0.39 is 0 Å². The summed E-state index contributed by atoms with van der Waals surface area (Å²) in [5.74, 6) is 0.0730. The molecule has 0 atom stereocenters. The number of nitrogens with zero attached hydrogens (tertiary/aromatic N) is 1. The van der Waals surface area contributed by atoms with Gasteiger partial charge in [0.1, 0.15) is 0 Å². The van der Waals surface area contributed by atoms with E-state index >= 15 is 0 Å². The Balaban J connectivity index is 1.86. The van der Waals surface area contributed by atoms with Crippen LogP contribution in [0.3, 0.4) is 0 Å². The molecule has 0 unspecified atom stereocenters. The molecule has 2 rings (SSSR count). The van der Waals surface area contributed by atoms with Crippen LogP contribution in [-0.4, -0.2) is 30.4 Å². The predicted molar refractivity (Wildman–Crippen MR) is 77.7 cm³/mol. The monoisotopic (exact) mass is 310 g/mol. The predicted octanol–water partition coefficient (Wildman–Crippen LogP) is 3.26. The largest absolute Gasteiger partial charge is 0.324 e. The Morgan fingerprint density at radius 2 is 1.83 bits per heavy atom. The Kier molecular flexibility index (Phi) is 5.20. The molecule has 1 aromatic rings. The second-order valence-electron chi connectivity index (χ2n) is 4.72. The molecule has 0 saturated carbocycles. The van der Waals surface area contributed by atoms with Crippen LogP contribution in [0.2, 0.25) is 0 Å². The maximum atomic E-state index is 12.0. The Morgan fingerprint density at radius 1 is 1.17 bits per heavy atom. The third-order valence-electron chi connectivity index (χ3n) is 3.21. The lowest BCUT2D eigenvalue weighted by Crippen LogP contribution is -2.33. The van der Waals surface area contributed by atoms with Gasteiger partial charge in [0.2, 0.25) is 5.91 Å². The first-order valence-electron chi connectivity index (χ1n) is 6.52. The molecule has 1 aromatic carbocycles. The maximum Gasteiger partial charge on any atom is 0.238 e. The molecule has 0 spiro atoms. The minimum atomic E-state index is 0.0730. The summed E-state index contributed by atoms with van der Waals surface area (Å²) in [5.41, 5.74) is 0.845. The molecule has 1 N–H and O–H groups in total. The number of carbonyl (C=O) groups is 1. The van der Waals surface area contributed by atoms with Gasteiger partial charge in [-0.1, -0.05) is 25.0 Å². The number of benzene rings is 1. The first-order chi connectivity index (χ1) is 8.75. The lowest BCUT2D eigenvalue weighted by atomic mass is 10.2. The third-order valence-corrected chi connectivity index (χ3v) is 3.91. The smallest absolute Gasteiger partial charge is 0.238 e. The van der Waals surface area contributed by atoms with Crippen LogP contribution in [0.4, 0.5) is 5.69 Å². The van der Waals surface area contributed by atoms with E-state index in [1.807, 2.05) is 24.3 Å². The molecule has 0 bridgehead atoms. The van der Waals surface area contributed by atoms with Crippen molar-refractivity contribution < 1.29 is 4.79 Å². The van der Waals surface area contributed by atoms with E-state index in [1.165, 1.54) is 25.7 Å². The highest BCUT2D eigenvalue weighted by molar-refractivity contribution is 9.10. The van der Waals surface area contributed by atoms with Crippen molar-refractivity contribution in [1.29, 1.82) is 0 Å². The minimum Gasteiger partial charge on any atom is -0.324 e. The van der Waals surface area contributed by atoms with Gasteiger partial charge in [-0.25, -0.2) is 0 Å². The standard InChI is InChI=1S/C14H19BrN2O/c15-12-7-3-4-8-13(12)16-14(18)11-17-9-5-1-2-6-10-17/h3-4,7-8H,1-2,5-6,9-11H2,(H,16,18). The summed E-state index contributed by atoms with van der Waals surface area (Å²) in [6.45, 7) is 2.59. The second kappa shape index (κ2) is 6.90. The van der Waals surface area contributed by atoms with Crippen molar-refractivity contribution >= 4 is 27.5 Å². The summed E-state index contributed by atoms with van der Waals surface area (Å²) < 4.78 is 0.925. The third kappa shape index (κ3) is 4.10. The number of carbonyl (C=O) groups excluding carboxylic acids is 1.